The smallest absolute Gasteiger partial charge is 0.308 e. The zero-order chi connectivity index (χ0) is 18.4. The van der Waals surface area contributed by atoms with Crippen LogP contribution in [0.3, 0.4) is 0 Å². The van der Waals surface area contributed by atoms with Crippen LogP contribution in [0.5, 0.6) is 0 Å². The van der Waals surface area contributed by atoms with Gasteiger partial charge in [-0.3, -0.25) is 9.59 Å². The standard InChI is InChI=1S/C19H32O5/c1-11(2)15(20)8-6-13(4)19(23)14(5)17-9-7-12(3)16(21)10-18(22)24-17/h6,11-12,14-17,20-21H,7-10H2,1-5H3/b13-6+/t12-,14-,15-,16+,17?/m0/s1. The SMILES string of the molecule is C/C(=C\C[C@H](O)C(C)C)C(=O)[C@@H](C)C1CC[C@H](C)[C@H](O)CC(=O)O1. The highest BCUT2D eigenvalue weighted by Crippen LogP contribution is 2.26. The maximum atomic E-state index is 12.6. The fraction of sp³-hybridized carbons (Fsp3) is 0.789. The van der Waals surface area contributed by atoms with Gasteiger partial charge in [-0.2, -0.15) is 0 Å². The fourth-order valence-corrected chi connectivity index (χ4v) is 2.82. The molecule has 5 atom stereocenters. The van der Waals surface area contributed by atoms with Crippen molar-refractivity contribution in [2.24, 2.45) is 17.8 Å². The van der Waals surface area contributed by atoms with Crippen LogP contribution in [-0.2, 0) is 14.3 Å². The number of allylic oxidation sites excluding steroid dienone is 1. The van der Waals surface area contributed by atoms with Gasteiger partial charge in [0.1, 0.15) is 6.10 Å². The molecule has 24 heavy (non-hydrogen) atoms. The Bertz CT molecular complexity index is 468. The van der Waals surface area contributed by atoms with E-state index in [2.05, 4.69) is 0 Å². The molecule has 0 saturated carbocycles. The van der Waals surface area contributed by atoms with Gasteiger partial charge in [-0.1, -0.05) is 33.8 Å². The minimum absolute atomic E-state index is 0.0143. The first-order chi connectivity index (χ1) is 11.1. The van der Waals surface area contributed by atoms with Gasteiger partial charge in [0.25, 0.3) is 0 Å². The Morgan fingerprint density at radius 1 is 1.33 bits per heavy atom. The van der Waals surface area contributed by atoms with Crippen molar-refractivity contribution in [3.05, 3.63) is 11.6 Å². The van der Waals surface area contributed by atoms with Gasteiger partial charge in [-0.15, -0.1) is 0 Å². The Morgan fingerprint density at radius 3 is 2.54 bits per heavy atom. The van der Waals surface area contributed by atoms with E-state index in [1.807, 2.05) is 20.8 Å². The molecule has 0 aromatic heterocycles. The lowest BCUT2D eigenvalue weighted by molar-refractivity contribution is -0.158. The van der Waals surface area contributed by atoms with E-state index in [9.17, 15) is 19.8 Å². The van der Waals surface area contributed by atoms with Crippen molar-refractivity contribution in [2.45, 2.75) is 78.6 Å². The monoisotopic (exact) mass is 340 g/mol. The molecule has 0 aliphatic carbocycles. The molecule has 0 bridgehead atoms. The second-order valence-corrected chi connectivity index (χ2v) is 7.44. The predicted molar refractivity (Wildman–Crippen MR) is 92.3 cm³/mol. The predicted octanol–water partition coefficient (Wildman–Crippen LogP) is 2.64. The summed E-state index contributed by atoms with van der Waals surface area (Å²) in [5.74, 6) is -0.779. The van der Waals surface area contributed by atoms with Gasteiger partial charge in [-0.05, 0) is 43.6 Å². The molecule has 0 amide bonds. The molecule has 1 heterocycles. The first kappa shape index (κ1) is 20.8. The van der Waals surface area contributed by atoms with E-state index in [-0.39, 0.29) is 24.0 Å². The molecule has 0 aromatic rings. The van der Waals surface area contributed by atoms with E-state index >= 15 is 0 Å². The Morgan fingerprint density at radius 2 is 1.96 bits per heavy atom. The van der Waals surface area contributed by atoms with Crippen LogP contribution in [0.25, 0.3) is 0 Å². The highest BCUT2D eigenvalue weighted by molar-refractivity contribution is 5.96. The summed E-state index contributed by atoms with van der Waals surface area (Å²) in [4.78, 5) is 24.4. The Kier molecular flexibility index (Phi) is 8.10. The summed E-state index contributed by atoms with van der Waals surface area (Å²) in [6, 6.07) is 0. The summed E-state index contributed by atoms with van der Waals surface area (Å²) >= 11 is 0. The third-order valence-corrected chi connectivity index (χ3v) is 5.02. The van der Waals surface area contributed by atoms with Gasteiger partial charge in [0.05, 0.1) is 24.5 Å². The van der Waals surface area contributed by atoms with Crippen LogP contribution in [0.1, 0.15) is 60.3 Å². The second-order valence-electron chi connectivity index (χ2n) is 7.44. The maximum Gasteiger partial charge on any atom is 0.308 e. The van der Waals surface area contributed by atoms with Crippen molar-refractivity contribution in [1.82, 2.24) is 0 Å². The molecule has 1 aliphatic heterocycles. The number of ketones is 1. The van der Waals surface area contributed by atoms with Crippen LogP contribution in [-0.4, -0.2) is 40.3 Å². The van der Waals surface area contributed by atoms with Gasteiger partial charge >= 0.3 is 5.97 Å². The molecule has 5 heteroatoms. The zero-order valence-corrected chi connectivity index (χ0v) is 15.5. The Hall–Kier alpha value is -1.20. The highest BCUT2D eigenvalue weighted by atomic mass is 16.5. The minimum Gasteiger partial charge on any atom is -0.462 e. The fourth-order valence-electron chi connectivity index (χ4n) is 2.82. The molecule has 1 fully saturated rings. The van der Waals surface area contributed by atoms with Gasteiger partial charge in [-0.25, -0.2) is 0 Å². The molecule has 1 saturated heterocycles. The van der Waals surface area contributed by atoms with Crippen LogP contribution in [0, 0.1) is 17.8 Å². The number of aliphatic hydroxyl groups excluding tert-OH is 2. The summed E-state index contributed by atoms with van der Waals surface area (Å²) in [5, 5.41) is 19.7. The largest absolute Gasteiger partial charge is 0.462 e. The summed E-state index contributed by atoms with van der Waals surface area (Å²) in [5.41, 5.74) is 0.591. The normalized spacial score (nSPS) is 28.8. The number of esters is 1. The molecule has 5 nitrogen and oxygen atoms in total. The highest BCUT2D eigenvalue weighted by Gasteiger charge is 2.32. The van der Waals surface area contributed by atoms with Crippen LogP contribution in [0.2, 0.25) is 0 Å². The number of aliphatic hydroxyl groups is 2. The Labute approximate surface area is 145 Å². The molecule has 138 valence electrons. The number of carbonyl (C=O) groups is 2. The molecule has 0 radical (unpaired) electrons. The lowest BCUT2D eigenvalue weighted by Crippen LogP contribution is -2.36. The number of cyclic esters (lactones) is 1. The van der Waals surface area contributed by atoms with Crippen molar-refractivity contribution in [3.63, 3.8) is 0 Å². The van der Waals surface area contributed by atoms with E-state index in [0.29, 0.717) is 24.8 Å². The van der Waals surface area contributed by atoms with Crippen molar-refractivity contribution in [1.29, 1.82) is 0 Å². The molecule has 1 unspecified atom stereocenters. The van der Waals surface area contributed by atoms with Crippen LogP contribution >= 0.6 is 0 Å². The summed E-state index contributed by atoms with van der Waals surface area (Å²) < 4.78 is 5.41. The van der Waals surface area contributed by atoms with Crippen LogP contribution < -0.4 is 0 Å². The number of hydrogen-bond acceptors (Lipinski definition) is 5. The van der Waals surface area contributed by atoms with E-state index in [1.54, 1.807) is 19.9 Å². The number of ether oxygens (including phenoxy) is 1. The lowest BCUT2D eigenvalue weighted by Gasteiger charge is -2.29. The zero-order valence-electron chi connectivity index (χ0n) is 15.5. The average molecular weight is 340 g/mol. The van der Waals surface area contributed by atoms with Crippen molar-refractivity contribution in [3.8, 4) is 0 Å². The second kappa shape index (κ2) is 9.33. The molecule has 2 N–H and O–H groups in total. The molecule has 0 spiro atoms. The number of carbonyl (C=O) groups excluding carboxylic acids is 2. The van der Waals surface area contributed by atoms with Gasteiger partial charge in [0.2, 0.25) is 0 Å². The summed E-state index contributed by atoms with van der Waals surface area (Å²) in [6.45, 7) is 9.29. The van der Waals surface area contributed by atoms with Gasteiger partial charge < -0.3 is 14.9 Å². The number of hydrogen-bond donors (Lipinski definition) is 2. The molecule has 1 rings (SSSR count). The van der Waals surface area contributed by atoms with Gasteiger partial charge in [0, 0.05) is 0 Å². The molecular weight excluding hydrogens is 308 g/mol. The topological polar surface area (TPSA) is 83.8 Å². The maximum absolute atomic E-state index is 12.6. The van der Waals surface area contributed by atoms with Crippen LogP contribution in [0.4, 0.5) is 0 Å². The van der Waals surface area contributed by atoms with Gasteiger partial charge in [0.15, 0.2) is 5.78 Å². The molecule has 0 aromatic carbocycles. The van der Waals surface area contributed by atoms with Crippen LogP contribution in [0.15, 0.2) is 11.6 Å². The van der Waals surface area contributed by atoms with Crippen molar-refractivity contribution >= 4 is 11.8 Å². The third-order valence-electron chi connectivity index (χ3n) is 5.02. The average Bonchev–Trinajstić information content (AvgIpc) is 2.52. The summed E-state index contributed by atoms with van der Waals surface area (Å²) in [6.07, 6.45) is 1.86. The lowest BCUT2D eigenvalue weighted by atomic mass is 9.86. The van der Waals surface area contributed by atoms with E-state index in [0.717, 1.165) is 0 Å². The molecule has 1 aliphatic rings. The summed E-state index contributed by atoms with van der Waals surface area (Å²) in [7, 11) is 0. The number of rotatable bonds is 6. The first-order valence-corrected chi connectivity index (χ1v) is 8.90. The quantitative estimate of drug-likeness (QED) is 0.574. The van der Waals surface area contributed by atoms with E-state index in [1.165, 1.54) is 0 Å². The van der Waals surface area contributed by atoms with E-state index < -0.39 is 30.2 Å². The number of Topliss-reactive ketones (excluding diaryl/α,β-unsaturated/α-hetero) is 1. The Balaban J connectivity index is 2.72. The minimum atomic E-state index is -0.677. The first-order valence-electron chi connectivity index (χ1n) is 8.90. The van der Waals surface area contributed by atoms with E-state index in [4.69, 9.17) is 4.74 Å². The third kappa shape index (κ3) is 6.02. The van der Waals surface area contributed by atoms with Crippen molar-refractivity contribution < 1.29 is 24.5 Å². The van der Waals surface area contributed by atoms with Crippen molar-refractivity contribution in [2.75, 3.05) is 0 Å². The molecular formula is C19H32O5.